The van der Waals surface area contributed by atoms with Crippen LogP contribution in [-0.4, -0.2) is 22.9 Å². The quantitative estimate of drug-likeness (QED) is 0.602. The van der Waals surface area contributed by atoms with E-state index in [0.717, 1.165) is 17.7 Å². The summed E-state index contributed by atoms with van der Waals surface area (Å²) in [6, 6.07) is 4.69. The highest BCUT2D eigenvalue weighted by molar-refractivity contribution is 6.44. The molecule has 2 amide bonds. The van der Waals surface area contributed by atoms with Crippen LogP contribution in [0.4, 0.5) is 5.69 Å². The van der Waals surface area contributed by atoms with Crippen molar-refractivity contribution >= 4 is 52.2 Å². The number of imide groups is 1. The monoisotopic (exact) mass is 393 g/mol. The fraction of sp³-hybridized carbons (Fsp3) is 0.316. The molecule has 0 saturated heterocycles. The predicted octanol–water partition coefficient (Wildman–Crippen LogP) is 4.53. The summed E-state index contributed by atoms with van der Waals surface area (Å²) in [7, 11) is 0. The number of nitrogens with zero attached hydrogens (tertiary/aromatic N) is 1. The second-order valence-corrected chi connectivity index (χ2v) is 7.01. The molecule has 0 spiro atoms. The molecule has 7 heteroatoms. The maximum absolute atomic E-state index is 12.7. The number of amides is 2. The van der Waals surface area contributed by atoms with Gasteiger partial charge in [-0.3, -0.25) is 9.59 Å². The Hall–Kier alpha value is -2.11. The van der Waals surface area contributed by atoms with E-state index < -0.39 is 5.97 Å². The third-order valence-electron chi connectivity index (χ3n) is 4.73. The van der Waals surface area contributed by atoms with Crippen molar-refractivity contribution in [3.05, 3.63) is 45.0 Å². The van der Waals surface area contributed by atoms with E-state index >= 15 is 0 Å². The first-order valence-corrected chi connectivity index (χ1v) is 9.15. The Morgan fingerprint density at radius 3 is 2.23 bits per heavy atom. The average molecular weight is 394 g/mol. The van der Waals surface area contributed by atoms with Crippen LogP contribution in [0.2, 0.25) is 5.02 Å². The first-order chi connectivity index (χ1) is 12.4. The van der Waals surface area contributed by atoms with Crippen molar-refractivity contribution in [2.75, 3.05) is 4.90 Å². The molecule has 0 bridgehead atoms. The Morgan fingerprint density at radius 2 is 1.73 bits per heavy atom. The maximum atomic E-state index is 12.7. The van der Waals surface area contributed by atoms with Crippen molar-refractivity contribution < 1.29 is 19.5 Å². The summed E-state index contributed by atoms with van der Waals surface area (Å²) in [6.45, 7) is 1.76. The summed E-state index contributed by atoms with van der Waals surface area (Å²) in [5, 5.41) is 9.16. The average Bonchev–Trinajstić information content (AvgIpc) is 2.88. The molecule has 136 valence electrons. The topological polar surface area (TPSA) is 74.7 Å². The molecule has 1 aromatic carbocycles. The Kier molecular flexibility index (Phi) is 5.21. The third kappa shape index (κ3) is 3.06. The van der Waals surface area contributed by atoms with Crippen LogP contribution in [0.3, 0.4) is 0 Å². The van der Waals surface area contributed by atoms with E-state index in [0.29, 0.717) is 52.3 Å². The van der Waals surface area contributed by atoms with Crippen LogP contribution in [0.25, 0.3) is 5.57 Å². The normalized spacial score (nSPS) is 18.2. The zero-order valence-electron chi connectivity index (χ0n) is 14.1. The first kappa shape index (κ1) is 18.7. The van der Waals surface area contributed by atoms with Gasteiger partial charge in [0.05, 0.1) is 5.69 Å². The Balaban J connectivity index is 2.07. The van der Waals surface area contributed by atoms with E-state index in [4.69, 9.17) is 23.2 Å². The summed E-state index contributed by atoms with van der Waals surface area (Å²) >= 11 is 12.2. The number of benzene rings is 1. The van der Waals surface area contributed by atoms with Crippen LogP contribution in [-0.2, 0) is 14.4 Å². The molecule has 0 radical (unpaired) electrons. The van der Waals surface area contributed by atoms with Gasteiger partial charge in [0.2, 0.25) is 0 Å². The Labute approximate surface area is 160 Å². The molecule has 5 nitrogen and oxygen atoms in total. The molecule has 2 aliphatic rings. The summed E-state index contributed by atoms with van der Waals surface area (Å²) in [6.07, 6.45) is 3.36. The highest BCUT2D eigenvalue weighted by Gasteiger charge is 2.39. The molecular formula is C19H17Cl2NO4. The second-order valence-electron chi connectivity index (χ2n) is 6.23. The van der Waals surface area contributed by atoms with Crippen molar-refractivity contribution in [3.63, 3.8) is 0 Å². The molecule has 1 aliphatic heterocycles. The molecule has 26 heavy (non-hydrogen) atoms. The van der Waals surface area contributed by atoms with E-state index in [9.17, 15) is 19.5 Å². The molecule has 0 fully saturated rings. The van der Waals surface area contributed by atoms with Crippen molar-refractivity contribution in [3.8, 4) is 0 Å². The second kappa shape index (κ2) is 7.25. The number of halogens is 2. The number of carboxylic acid groups (broad SMARTS) is 1. The molecule has 1 aliphatic carbocycles. The van der Waals surface area contributed by atoms with Crippen LogP contribution >= 0.6 is 23.2 Å². The van der Waals surface area contributed by atoms with Gasteiger partial charge in [0.25, 0.3) is 11.8 Å². The van der Waals surface area contributed by atoms with Gasteiger partial charge in [0, 0.05) is 21.7 Å². The van der Waals surface area contributed by atoms with E-state index in [1.807, 2.05) is 0 Å². The Bertz CT molecular complexity index is 858. The molecule has 0 aromatic heterocycles. The number of hydrogen-bond donors (Lipinski definition) is 1. The standard InChI is InChI=1S/C19H17Cl2NO4/c1-2-11(16(21)19(25)26)14-9-10(7-8-15(14)20)22-17(23)12-5-3-4-6-13(12)18(22)24/h7-9H,2-6H2,1H3,(H,25,26). The predicted molar refractivity (Wildman–Crippen MR) is 100 cm³/mol. The van der Waals surface area contributed by atoms with Crippen LogP contribution < -0.4 is 4.90 Å². The van der Waals surface area contributed by atoms with Gasteiger partial charge < -0.3 is 5.11 Å². The van der Waals surface area contributed by atoms with Crippen molar-refractivity contribution in [2.45, 2.75) is 39.0 Å². The van der Waals surface area contributed by atoms with Gasteiger partial charge in [-0.25, -0.2) is 9.69 Å². The van der Waals surface area contributed by atoms with Crippen LogP contribution in [0.5, 0.6) is 0 Å². The number of rotatable bonds is 4. The molecule has 0 atom stereocenters. The summed E-state index contributed by atoms with van der Waals surface area (Å²) < 4.78 is 0. The first-order valence-electron chi connectivity index (χ1n) is 8.39. The van der Waals surface area contributed by atoms with Gasteiger partial charge in [-0.15, -0.1) is 0 Å². The minimum absolute atomic E-state index is 0.302. The fourth-order valence-electron chi connectivity index (χ4n) is 3.45. The van der Waals surface area contributed by atoms with Gasteiger partial charge in [-0.2, -0.15) is 0 Å². The minimum Gasteiger partial charge on any atom is -0.477 e. The lowest BCUT2D eigenvalue weighted by Crippen LogP contribution is -2.31. The molecule has 1 N–H and O–H groups in total. The fourth-order valence-corrected chi connectivity index (χ4v) is 3.92. The van der Waals surface area contributed by atoms with Gasteiger partial charge in [0.1, 0.15) is 5.03 Å². The van der Waals surface area contributed by atoms with E-state index in [-0.39, 0.29) is 16.8 Å². The number of allylic oxidation sites excluding steroid dienone is 1. The molecule has 0 unspecified atom stereocenters. The number of carbonyl (C=O) groups excluding carboxylic acids is 2. The van der Waals surface area contributed by atoms with Gasteiger partial charge in [-0.05, 0) is 55.9 Å². The van der Waals surface area contributed by atoms with Crippen LogP contribution in [0, 0.1) is 0 Å². The number of hydrogen-bond acceptors (Lipinski definition) is 3. The molecule has 1 aromatic rings. The minimum atomic E-state index is -1.25. The molecular weight excluding hydrogens is 377 g/mol. The highest BCUT2D eigenvalue weighted by Crippen LogP contribution is 2.38. The molecule has 1 heterocycles. The molecule has 3 rings (SSSR count). The zero-order valence-corrected chi connectivity index (χ0v) is 15.7. The van der Waals surface area contributed by atoms with Crippen molar-refractivity contribution in [1.82, 2.24) is 0 Å². The molecule has 0 saturated carbocycles. The SMILES string of the molecule is CCC(=C(Cl)C(=O)O)c1cc(N2C(=O)C3=C(CCCC3)C2=O)ccc1Cl. The van der Waals surface area contributed by atoms with Gasteiger partial charge in [-0.1, -0.05) is 30.1 Å². The lowest BCUT2D eigenvalue weighted by molar-refractivity contribution is -0.132. The maximum Gasteiger partial charge on any atom is 0.347 e. The third-order valence-corrected chi connectivity index (χ3v) is 5.45. The lowest BCUT2D eigenvalue weighted by atomic mass is 9.93. The summed E-state index contributed by atoms with van der Waals surface area (Å²) in [4.78, 5) is 37.8. The van der Waals surface area contributed by atoms with Crippen LogP contribution in [0.1, 0.15) is 44.6 Å². The van der Waals surface area contributed by atoms with Crippen molar-refractivity contribution in [2.24, 2.45) is 0 Å². The van der Waals surface area contributed by atoms with Gasteiger partial charge >= 0.3 is 5.97 Å². The summed E-state index contributed by atoms with van der Waals surface area (Å²) in [5.41, 5.74) is 2.31. The van der Waals surface area contributed by atoms with E-state index in [1.165, 1.54) is 0 Å². The lowest BCUT2D eigenvalue weighted by Gasteiger charge is -2.18. The van der Waals surface area contributed by atoms with Crippen molar-refractivity contribution in [1.29, 1.82) is 0 Å². The largest absolute Gasteiger partial charge is 0.477 e. The van der Waals surface area contributed by atoms with Crippen LogP contribution in [0.15, 0.2) is 34.4 Å². The number of carbonyl (C=O) groups is 3. The smallest absolute Gasteiger partial charge is 0.347 e. The summed E-state index contributed by atoms with van der Waals surface area (Å²) in [5.74, 6) is -1.86. The van der Waals surface area contributed by atoms with E-state index in [2.05, 4.69) is 0 Å². The number of aliphatic carboxylic acids is 1. The highest BCUT2D eigenvalue weighted by atomic mass is 35.5. The van der Waals surface area contributed by atoms with E-state index in [1.54, 1.807) is 25.1 Å². The number of anilines is 1. The van der Waals surface area contributed by atoms with Gasteiger partial charge in [0.15, 0.2) is 0 Å². The number of carboxylic acids is 1. The Morgan fingerprint density at radius 1 is 1.15 bits per heavy atom. The zero-order chi connectivity index (χ0) is 19.0.